The van der Waals surface area contributed by atoms with Crippen molar-refractivity contribution in [2.75, 3.05) is 12.4 Å². The molecular formula is C21H26N2O5S2. The van der Waals surface area contributed by atoms with Crippen molar-refractivity contribution in [2.24, 2.45) is 5.92 Å². The molecule has 2 aromatic heterocycles. The summed E-state index contributed by atoms with van der Waals surface area (Å²) in [7, 11) is 1.79. The molecule has 1 amide bonds. The molecule has 9 heteroatoms. The molecule has 162 valence electrons. The second-order valence-electron chi connectivity index (χ2n) is 7.36. The number of thiazole rings is 1. The van der Waals surface area contributed by atoms with Gasteiger partial charge in [0.1, 0.15) is 10.0 Å². The largest absolute Gasteiger partial charge is 0.503 e. The molecule has 2 aliphatic rings. The standard InChI is InChI=1S/C20H24N2O2S2.CH2O3/c1-12-11-25-19(21-12)17-15-9-8-14(24-2)10-16(15)26-20(17)22-18(23)13-6-4-3-5-7-13;2-1(3)4/h3-4,11,13-14H,5-10H2,1-2H3,(H,22,23);(H2,2,3,4). The van der Waals surface area contributed by atoms with Crippen LogP contribution in [0.3, 0.4) is 0 Å². The maximum atomic E-state index is 12.8. The zero-order valence-electron chi connectivity index (χ0n) is 17.0. The second-order valence-corrected chi connectivity index (χ2v) is 9.32. The van der Waals surface area contributed by atoms with Crippen molar-refractivity contribution >= 4 is 39.7 Å². The number of ether oxygens (including phenoxy) is 1. The maximum Gasteiger partial charge on any atom is 0.503 e. The Morgan fingerprint density at radius 3 is 2.63 bits per heavy atom. The summed E-state index contributed by atoms with van der Waals surface area (Å²) in [6, 6.07) is 0. The lowest BCUT2D eigenvalue weighted by Gasteiger charge is -2.21. The molecule has 0 fully saturated rings. The summed E-state index contributed by atoms with van der Waals surface area (Å²) < 4.78 is 5.58. The first-order chi connectivity index (χ1) is 14.4. The Hall–Kier alpha value is -2.23. The zero-order chi connectivity index (χ0) is 21.7. The SMILES string of the molecule is COC1CCc2c(sc(NC(=O)C3CC=CCC3)c2-c2nc(C)cs2)C1.O=C(O)O. The fourth-order valence-corrected chi connectivity index (χ4v) is 6.04. The number of carbonyl (C=O) groups is 2. The van der Waals surface area contributed by atoms with Gasteiger partial charge in [-0.2, -0.15) is 0 Å². The van der Waals surface area contributed by atoms with Gasteiger partial charge in [0.25, 0.3) is 0 Å². The summed E-state index contributed by atoms with van der Waals surface area (Å²) in [4.78, 5) is 27.4. The molecule has 0 saturated carbocycles. The van der Waals surface area contributed by atoms with Crippen LogP contribution >= 0.6 is 22.7 Å². The molecule has 3 N–H and O–H groups in total. The van der Waals surface area contributed by atoms with Gasteiger partial charge in [-0.05, 0) is 44.6 Å². The first-order valence-corrected chi connectivity index (χ1v) is 11.6. The van der Waals surface area contributed by atoms with Crippen molar-refractivity contribution in [3.8, 4) is 10.6 Å². The Morgan fingerprint density at radius 1 is 1.27 bits per heavy atom. The van der Waals surface area contributed by atoms with Crippen molar-refractivity contribution < 1.29 is 24.5 Å². The predicted octanol–water partition coefficient (Wildman–Crippen LogP) is 5.20. The predicted molar refractivity (Wildman–Crippen MR) is 119 cm³/mol. The van der Waals surface area contributed by atoms with Crippen LogP contribution in [0.4, 0.5) is 9.80 Å². The molecule has 4 rings (SSSR count). The van der Waals surface area contributed by atoms with E-state index in [2.05, 4.69) is 22.8 Å². The van der Waals surface area contributed by atoms with Crippen molar-refractivity contribution in [1.82, 2.24) is 4.98 Å². The number of hydrogen-bond acceptors (Lipinski definition) is 6. The molecule has 0 radical (unpaired) electrons. The Morgan fingerprint density at radius 2 is 2.03 bits per heavy atom. The van der Waals surface area contributed by atoms with Gasteiger partial charge in [-0.1, -0.05) is 12.2 Å². The van der Waals surface area contributed by atoms with Crippen molar-refractivity contribution in [2.45, 2.75) is 51.6 Å². The molecule has 2 unspecified atom stereocenters. The molecule has 30 heavy (non-hydrogen) atoms. The number of aromatic nitrogens is 1. The summed E-state index contributed by atoms with van der Waals surface area (Å²) in [5.74, 6) is 0.225. The summed E-state index contributed by atoms with van der Waals surface area (Å²) in [5.41, 5.74) is 3.54. The molecule has 7 nitrogen and oxygen atoms in total. The van der Waals surface area contributed by atoms with E-state index in [1.165, 1.54) is 10.4 Å². The molecule has 0 aliphatic heterocycles. The van der Waals surface area contributed by atoms with Crippen LogP contribution in [0.25, 0.3) is 10.6 Å². The van der Waals surface area contributed by atoms with Crippen molar-refractivity contribution in [1.29, 1.82) is 0 Å². The van der Waals surface area contributed by atoms with Crippen LogP contribution in [0.2, 0.25) is 0 Å². The van der Waals surface area contributed by atoms with Gasteiger partial charge in [0, 0.05) is 41.0 Å². The van der Waals surface area contributed by atoms with E-state index in [1.54, 1.807) is 29.8 Å². The number of nitrogens with zero attached hydrogens (tertiary/aromatic N) is 1. The molecule has 2 aliphatic carbocycles. The first-order valence-electron chi connectivity index (χ1n) is 9.86. The van der Waals surface area contributed by atoms with Gasteiger partial charge < -0.3 is 20.3 Å². The lowest BCUT2D eigenvalue weighted by molar-refractivity contribution is -0.120. The highest BCUT2D eigenvalue weighted by molar-refractivity contribution is 7.18. The van der Waals surface area contributed by atoms with Gasteiger partial charge in [0.2, 0.25) is 5.91 Å². The van der Waals surface area contributed by atoms with E-state index in [9.17, 15) is 4.79 Å². The van der Waals surface area contributed by atoms with E-state index in [0.29, 0.717) is 0 Å². The monoisotopic (exact) mass is 450 g/mol. The van der Waals surface area contributed by atoms with Crippen LogP contribution in [-0.2, 0) is 22.4 Å². The van der Waals surface area contributed by atoms with Crippen LogP contribution in [0, 0.1) is 12.8 Å². The summed E-state index contributed by atoms with van der Waals surface area (Å²) in [5, 5.41) is 21.3. The minimum absolute atomic E-state index is 0.0803. The number of allylic oxidation sites excluding steroid dienone is 2. The van der Waals surface area contributed by atoms with E-state index in [0.717, 1.165) is 59.8 Å². The number of thiophene rings is 1. The molecule has 2 heterocycles. The third-order valence-electron chi connectivity index (χ3n) is 5.26. The quantitative estimate of drug-likeness (QED) is 0.552. The van der Waals surface area contributed by atoms with Gasteiger partial charge in [0.05, 0.1) is 6.10 Å². The van der Waals surface area contributed by atoms with Crippen LogP contribution in [-0.4, -0.2) is 40.5 Å². The number of hydrogen-bond donors (Lipinski definition) is 3. The van der Waals surface area contributed by atoms with Crippen LogP contribution < -0.4 is 5.32 Å². The van der Waals surface area contributed by atoms with Gasteiger partial charge in [-0.15, -0.1) is 22.7 Å². The number of carboxylic acid groups (broad SMARTS) is 2. The van der Waals surface area contributed by atoms with Crippen LogP contribution in [0.15, 0.2) is 17.5 Å². The number of carbonyl (C=O) groups excluding carboxylic acids is 1. The number of aryl methyl sites for hydroxylation is 1. The van der Waals surface area contributed by atoms with Gasteiger partial charge in [-0.3, -0.25) is 4.79 Å². The highest BCUT2D eigenvalue weighted by Crippen LogP contribution is 2.45. The molecule has 0 aromatic carbocycles. The van der Waals surface area contributed by atoms with Gasteiger partial charge in [-0.25, -0.2) is 9.78 Å². The highest BCUT2D eigenvalue weighted by atomic mass is 32.1. The van der Waals surface area contributed by atoms with Gasteiger partial charge in [0.15, 0.2) is 0 Å². The Labute approximate surface area is 183 Å². The summed E-state index contributed by atoms with van der Waals surface area (Å²) >= 11 is 3.38. The van der Waals surface area contributed by atoms with Crippen molar-refractivity contribution in [3.63, 3.8) is 0 Å². The fourth-order valence-electron chi connectivity index (χ4n) is 3.79. The molecule has 0 bridgehead atoms. The summed E-state index contributed by atoms with van der Waals surface area (Å²) in [6.45, 7) is 2.02. The number of anilines is 1. The molecule has 0 saturated heterocycles. The molecule has 2 atom stereocenters. The topological polar surface area (TPSA) is 109 Å². The maximum absolute atomic E-state index is 12.8. The zero-order valence-corrected chi connectivity index (χ0v) is 18.6. The van der Waals surface area contributed by atoms with Crippen LogP contribution in [0.5, 0.6) is 0 Å². The number of methoxy groups -OCH3 is 1. The third-order valence-corrected chi connectivity index (χ3v) is 7.41. The van der Waals surface area contributed by atoms with Crippen LogP contribution in [0.1, 0.15) is 41.8 Å². The van der Waals surface area contributed by atoms with Gasteiger partial charge >= 0.3 is 6.16 Å². The molecular weight excluding hydrogens is 424 g/mol. The minimum atomic E-state index is -1.83. The number of fused-ring (bicyclic) bond motifs is 1. The average Bonchev–Trinajstić information content (AvgIpc) is 3.30. The number of amides is 1. The first kappa shape index (κ1) is 22.5. The Kier molecular flexibility index (Phi) is 7.63. The lowest BCUT2D eigenvalue weighted by atomic mass is 9.92. The molecule has 2 aromatic rings. The van der Waals surface area contributed by atoms with E-state index >= 15 is 0 Å². The third kappa shape index (κ3) is 5.47. The minimum Gasteiger partial charge on any atom is -0.450 e. The molecule has 0 spiro atoms. The lowest BCUT2D eigenvalue weighted by Crippen LogP contribution is -2.23. The fraction of sp³-hybridized carbons (Fsp3) is 0.476. The summed E-state index contributed by atoms with van der Waals surface area (Å²) in [6.07, 6.45) is 8.45. The smallest absolute Gasteiger partial charge is 0.450 e. The van der Waals surface area contributed by atoms with E-state index in [1.807, 2.05) is 6.92 Å². The highest BCUT2D eigenvalue weighted by Gasteiger charge is 2.29. The average molecular weight is 451 g/mol. The van der Waals surface area contributed by atoms with Crippen molar-refractivity contribution in [3.05, 3.63) is 33.7 Å². The normalized spacial score (nSPS) is 20.1. The Bertz CT molecular complexity index is 930. The number of nitrogens with one attached hydrogen (secondary N) is 1. The van der Waals surface area contributed by atoms with E-state index in [-0.39, 0.29) is 17.9 Å². The van der Waals surface area contributed by atoms with E-state index in [4.69, 9.17) is 24.7 Å². The second kappa shape index (κ2) is 10.2. The Balaban J connectivity index is 0.000000589. The van der Waals surface area contributed by atoms with E-state index < -0.39 is 6.16 Å². The number of rotatable bonds is 4.